The minimum Gasteiger partial charge on any atom is -0.259 e. The van der Waals surface area contributed by atoms with Crippen molar-refractivity contribution >= 4 is 10.1 Å². The first-order valence-corrected chi connectivity index (χ1v) is 7.83. The van der Waals surface area contributed by atoms with Gasteiger partial charge in [0.1, 0.15) is 5.60 Å². The highest BCUT2D eigenvalue weighted by atomic mass is 32.2. The molecule has 0 amide bonds. The molecule has 4 heteroatoms. The molecule has 0 unspecified atom stereocenters. The molecular formula is C12H20O3S. The van der Waals surface area contributed by atoms with Crippen molar-refractivity contribution in [1.82, 2.24) is 0 Å². The van der Waals surface area contributed by atoms with Crippen molar-refractivity contribution in [2.45, 2.75) is 51.0 Å². The van der Waals surface area contributed by atoms with E-state index in [9.17, 15) is 8.42 Å². The summed E-state index contributed by atoms with van der Waals surface area (Å²) in [5, 5.41) is 0. The van der Waals surface area contributed by atoms with Crippen LogP contribution in [0.4, 0.5) is 0 Å². The summed E-state index contributed by atoms with van der Waals surface area (Å²) in [4.78, 5) is 0. The fourth-order valence-corrected chi connectivity index (χ4v) is 4.03. The van der Waals surface area contributed by atoms with Gasteiger partial charge in [-0.15, -0.1) is 0 Å². The predicted molar refractivity (Wildman–Crippen MR) is 63.6 cm³/mol. The van der Waals surface area contributed by atoms with Gasteiger partial charge in [-0.1, -0.05) is 6.08 Å². The van der Waals surface area contributed by atoms with Crippen molar-refractivity contribution in [3.05, 3.63) is 11.6 Å². The van der Waals surface area contributed by atoms with Crippen LogP contribution in [0.25, 0.3) is 0 Å². The highest BCUT2D eigenvalue weighted by Gasteiger charge is 2.44. The van der Waals surface area contributed by atoms with Gasteiger partial charge in [0, 0.05) is 0 Å². The molecule has 0 spiro atoms. The summed E-state index contributed by atoms with van der Waals surface area (Å²) in [7, 11) is -3.37. The van der Waals surface area contributed by atoms with Crippen molar-refractivity contribution in [3.8, 4) is 0 Å². The maximum Gasteiger partial charge on any atom is 0.265 e. The van der Waals surface area contributed by atoms with Gasteiger partial charge in [-0.25, -0.2) is 0 Å². The molecule has 0 aliphatic heterocycles. The molecule has 0 N–H and O–H groups in total. The number of rotatable bonds is 2. The highest BCUT2D eigenvalue weighted by Crippen LogP contribution is 2.47. The topological polar surface area (TPSA) is 43.4 Å². The van der Waals surface area contributed by atoms with Crippen LogP contribution in [-0.2, 0) is 14.3 Å². The maximum atomic E-state index is 11.4. The second-order valence-corrected chi connectivity index (χ2v) is 6.65. The lowest BCUT2D eigenvalue weighted by molar-refractivity contribution is 0.0673. The summed E-state index contributed by atoms with van der Waals surface area (Å²) < 4.78 is 28.3. The van der Waals surface area contributed by atoms with Gasteiger partial charge in [0.25, 0.3) is 10.1 Å². The molecule has 0 atom stereocenters. The summed E-state index contributed by atoms with van der Waals surface area (Å²) in [6, 6.07) is 0. The molecule has 0 aromatic rings. The van der Waals surface area contributed by atoms with Crippen molar-refractivity contribution in [2.24, 2.45) is 5.92 Å². The summed E-state index contributed by atoms with van der Waals surface area (Å²) >= 11 is 0. The number of allylic oxidation sites excluding steroid dienone is 1. The van der Waals surface area contributed by atoms with Crippen molar-refractivity contribution in [3.63, 3.8) is 0 Å². The van der Waals surface area contributed by atoms with Crippen LogP contribution in [-0.4, -0.2) is 20.3 Å². The van der Waals surface area contributed by atoms with Gasteiger partial charge in [-0.2, -0.15) is 8.42 Å². The van der Waals surface area contributed by atoms with Gasteiger partial charge in [-0.05, 0) is 56.9 Å². The van der Waals surface area contributed by atoms with Crippen molar-refractivity contribution in [1.29, 1.82) is 0 Å². The number of hydrogen-bond acceptors (Lipinski definition) is 3. The normalized spacial score (nSPS) is 37.6. The SMILES string of the molecule is C/C=C1\CCC2CCC1(OS(C)(=O)=O)CC2. The molecule has 0 saturated heterocycles. The van der Waals surface area contributed by atoms with Crippen LogP contribution in [0.15, 0.2) is 11.6 Å². The first-order valence-electron chi connectivity index (χ1n) is 6.01. The van der Waals surface area contributed by atoms with Crippen LogP contribution >= 0.6 is 0 Å². The van der Waals surface area contributed by atoms with E-state index in [2.05, 4.69) is 6.08 Å². The summed E-state index contributed by atoms with van der Waals surface area (Å²) in [6.07, 6.45) is 9.34. The molecule has 0 aromatic heterocycles. The Balaban J connectivity index is 2.33. The molecule has 3 nitrogen and oxygen atoms in total. The Morgan fingerprint density at radius 1 is 1.31 bits per heavy atom. The molecular weight excluding hydrogens is 224 g/mol. The zero-order chi connectivity index (χ0) is 11.8. The first kappa shape index (κ1) is 12.1. The molecule has 3 aliphatic carbocycles. The third-order valence-corrected chi connectivity index (χ3v) is 4.60. The fraction of sp³-hybridized carbons (Fsp3) is 0.833. The Bertz CT molecular complexity index is 386. The van der Waals surface area contributed by atoms with Gasteiger partial charge in [0.05, 0.1) is 6.26 Å². The van der Waals surface area contributed by atoms with Crippen molar-refractivity contribution < 1.29 is 12.6 Å². The Morgan fingerprint density at radius 2 is 1.94 bits per heavy atom. The third-order valence-electron chi connectivity index (χ3n) is 3.98. The van der Waals surface area contributed by atoms with E-state index in [4.69, 9.17) is 4.18 Å². The average molecular weight is 244 g/mol. The van der Waals surface area contributed by atoms with Crippen LogP contribution in [0.1, 0.15) is 45.4 Å². The summed E-state index contributed by atoms with van der Waals surface area (Å²) in [6.45, 7) is 1.99. The molecule has 3 aliphatic rings. The van der Waals surface area contributed by atoms with E-state index in [1.807, 2.05) is 6.92 Å². The molecule has 16 heavy (non-hydrogen) atoms. The Labute approximate surface area is 98.0 Å². The molecule has 3 fully saturated rings. The van der Waals surface area contributed by atoms with Gasteiger partial charge < -0.3 is 0 Å². The van der Waals surface area contributed by atoms with Gasteiger partial charge in [0.15, 0.2) is 0 Å². The smallest absolute Gasteiger partial charge is 0.259 e. The van der Waals surface area contributed by atoms with Gasteiger partial charge >= 0.3 is 0 Å². The zero-order valence-corrected chi connectivity index (χ0v) is 10.8. The fourth-order valence-electron chi connectivity index (χ4n) is 3.18. The van der Waals surface area contributed by atoms with E-state index >= 15 is 0 Å². The van der Waals surface area contributed by atoms with E-state index in [1.165, 1.54) is 12.0 Å². The van der Waals surface area contributed by atoms with E-state index in [-0.39, 0.29) is 0 Å². The van der Waals surface area contributed by atoms with Gasteiger partial charge in [-0.3, -0.25) is 4.18 Å². The quantitative estimate of drug-likeness (QED) is 0.554. The zero-order valence-electron chi connectivity index (χ0n) is 10.0. The van der Waals surface area contributed by atoms with Crippen LogP contribution < -0.4 is 0 Å². The molecule has 92 valence electrons. The monoisotopic (exact) mass is 244 g/mol. The average Bonchev–Trinajstić information content (AvgIpc) is 2.44. The summed E-state index contributed by atoms with van der Waals surface area (Å²) in [5.41, 5.74) is 0.688. The standard InChI is InChI=1S/C12H20O3S/c1-3-11-5-4-10-6-8-12(11,9-7-10)15-16(2,13)14/h3,10H,4-9H2,1-2H3/b11-3+. The van der Waals surface area contributed by atoms with Crippen LogP contribution in [0, 0.1) is 5.92 Å². The number of fused-ring (bicyclic) bond motifs is 4. The van der Waals surface area contributed by atoms with E-state index in [0.717, 1.165) is 44.3 Å². The Kier molecular flexibility index (Phi) is 3.14. The largest absolute Gasteiger partial charge is 0.265 e. The maximum absolute atomic E-state index is 11.4. The lowest BCUT2D eigenvalue weighted by Gasteiger charge is -2.37. The summed E-state index contributed by atoms with van der Waals surface area (Å²) in [5.74, 6) is 0.772. The predicted octanol–water partition coefficient (Wildman–Crippen LogP) is 2.63. The second kappa shape index (κ2) is 4.15. The Morgan fingerprint density at radius 3 is 2.44 bits per heavy atom. The molecule has 3 saturated carbocycles. The molecule has 0 heterocycles. The van der Waals surface area contributed by atoms with Crippen LogP contribution in [0.5, 0.6) is 0 Å². The third kappa shape index (κ3) is 2.33. The minimum atomic E-state index is -3.37. The van der Waals surface area contributed by atoms with E-state index < -0.39 is 15.7 Å². The highest BCUT2D eigenvalue weighted by molar-refractivity contribution is 7.86. The van der Waals surface area contributed by atoms with Crippen molar-refractivity contribution in [2.75, 3.05) is 6.26 Å². The lowest BCUT2D eigenvalue weighted by atomic mass is 9.79. The molecule has 0 aromatic carbocycles. The lowest BCUT2D eigenvalue weighted by Crippen LogP contribution is -2.38. The minimum absolute atomic E-state index is 0.505. The van der Waals surface area contributed by atoms with E-state index in [0.29, 0.717) is 0 Å². The molecule has 0 radical (unpaired) electrons. The van der Waals surface area contributed by atoms with E-state index in [1.54, 1.807) is 0 Å². The molecule has 3 rings (SSSR count). The van der Waals surface area contributed by atoms with Crippen LogP contribution in [0.3, 0.4) is 0 Å². The second-order valence-electron chi connectivity index (χ2n) is 5.08. The van der Waals surface area contributed by atoms with Gasteiger partial charge in [0.2, 0.25) is 0 Å². The van der Waals surface area contributed by atoms with Crippen LogP contribution in [0.2, 0.25) is 0 Å². The number of hydrogen-bond donors (Lipinski definition) is 0. The Hall–Kier alpha value is -0.350. The molecule has 2 bridgehead atoms. The first-order chi connectivity index (χ1) is 7.45.